The van der Waals surface area contributed by atoms with E-state index in [1.165, 1.54) is 30.8 Å². The molecule has 2 fully saturated rings. The Hall–Kier alpha value is -2.11. The van der Waals surface area contributed by atoms with E-state index < -0.39 is 0 Å². The Kier molecular flexibility index (Phi) is 5.06. The van der Waals surface area contributed by atoms with Crippen LogP contribution in [-0.2, 0) is 11.3 Å². The number of amides is 1. The molecule has 27 heavy (non-hydrogen) atoms. The van der Waals surface area contributed by atoms with E-state index >= 15 is 0 Å². The van der Waals surface area contributed by atoms with Crippen LogP contribution in [0.5, 0.6) is 0 Å². The maximum atomic E-state index is 12.6. The highest BCUT2D eigenvalue weighted by atomic mass is 16.2. The van der Waals surface area contributed by atoms with Crippen molar-refractivity contribution in [2.75, 3.05) is 13.1 Å². The van der Waals surface area contributed by atoms with Gasteiger partial charge in [0.05, 0.1) is 5.69 Å². The molecule has 2 aliphatic rings. The van der Waals surface area contributed by atoms with Crippen LogP contribution >= 0.6 is 0 Å². The molecule has 1 saturated heterocycles. The summed E-state index contributed by atoms with van der Waals surface area (Å²) in [6, 6.07) is 2.55. The number of carbonyl (C=O) groups excluding carboxylic acids is 1. The zero-order valence-corrected chi connectivity index (χ0v) is 16.8. The van der Waals surface area contributed by atoms with Crippen LogP contribution in [0.15, 0.2) is 12.3 Å². The Bertz CT molecular complexity index is 809. The van der Waals surface area contributed by atoms with Crippen LogP contribution in [0.25, 0.3) is 0 Å². The molecule has 1 aliphatic heterocycles. The smallest absolute Gasteiger partial charge is 0.224 e. The number of aromatic nitrogens is 4. The van der Waals surface area contributed by atoms with E-state index in [2.05, 4.69) is 22.7 Å². The molecule has 1 saturated carbocycles. The minimum Gasteiger partial charge on any atom is -0.342 e. The lowest BCUT2D eigenvalue weighted by atomic mass is 9.84. The van der Waals surface area contributed by atoms with Gasteiger partial charge in [-0.1, -0.05) is 6.42 Å². The molecule has 1 aliphatic carbocycles. The van der Waals surface area contributed by atoms with Gasteiger partial charge in [0.1, 0.15) is 5.82 Å². The lowest BCUT2D eigenvalue weighted by Crippen LogP contribution is -2.40. The molecule has 0 atom stereocenters. The van der Waals surface area contributed by atoms with Crippen molar-refractivity contribution in [2.24, 2.45) is 0 Å². The van der Waals surface area contributed by atoms with E-state index in [4.69, 9.17) is 4.98 Å². The van der Waals surface area contributed by atoms with Crippen molar-refractivity contribution in [1.82, 2.24) is 24.2 Å². The number of carbonyl (C=O) groups is 1. The second-order valence-corrected chi connectivity index (χ2v) is 8.27. The third-order valence-electron chi connectivity index (χ3n) is 6.30. The Labute approximate surface area is 161 Å². The quantitative estimate of drug-likeness (QED) is 0.810. The van der Waals surface area contributed by atoms with Gasteiger partial charge in [-0.05, 0) is 52.5 Å². The summed E-state index contributed by atoms with van der Waals surface area (Å²) in [7, 11) is 0. The average Bonchev–Trinajstić information content (AvgIpc) is 3.13. The first-order valence-electron chi connectivity index (χ1n) is 10.4. The van der Waals surface area contributed by atoms with Crippen LogP contribution in [0.4, 0.5) is 0 Å². The van der Waals surface area contributed by atoms with E-state index in [-0.39, 0.29) is 5.91 Å². The summed E-state index contributed by atoms with van der Waals surface area (Å²) in [5.74, 6) is 2.19. The van der Waals surface area contributed by atoms with Crippen LogP contribution in [0.3, 0.4) is 0 Å². The second kappa shape index (κ2) is 7.49. The van der Waals surface area contributed by atoms with Gasteiger partial charge in [-0.3, -0.25) is 9.48 Å². The summed E-state index contributed by atoms with van der Waals surface area (Å²) in [5.41, 5.74) is 3.41. The van der Waals surface area contributed by atoms with E-state index in [0.29, 0.717) is 24.9 Å². The normalized spacial score (nSPS) is 18.7. The van der Waals surface area contributed by atoms with Gasteiger partial charge in [-0.25, -0.2) is 4.98 Å². The third-order valence-corrected chi connectivity index (χ3v) is 6.30. The molecule has 4 rings (SSSR count). The minimum absolute atomic E-state index is 0.252. The number of likely N-dealkylation sites (tertiary alicyclic amines) is 1. The highest BCUT2D eigenvalue weighted by molar-refractivity contribution is 5.76. The van der Waals surface area contributed by atoms with Gasteiger partial charge in [0.15, 0.2) is 0 Å². The van der Waals surface area contributed by atoms with E-state index in [1.54, 1.807) is 0 Å². The van der Waals surface area contributed by atoms with Gasteiger partial charge in [-0.2, -0.15) is 5.10 Å². The number of imidazole rings is 1. The molecule has 146 valence electrons. The molecule has 0 radical (unpaired) electrons. The molecule has 3 heterocycles. The lowest BCUT2D eigenvalue weighted by Gasteiger charge is -2.36. The van der Waals surface area contributed by atoms with Gasteiger partial charge < -0.3 is 9.47 Å². The van der Waals surface area contributed by atoms with Gasteiger partial charge in [-0.15, -0.1) is 0 Å². The van der Waals surface area contributed by atoms with Crippen molar-refractivity contribution in [3.63, 3.8) is 0 Å². The molecule has 2 aromatic rings. The Balaban J connectivity index is 1.33. The molecule has 0 unspecified atom stereocenters. The van der Waals surface area contributed by atoms with E-state index in [9.17, 15) is 4.79 Å². The number of piperidine rings is 1. The first kappa shape index (κ1) is 18.3. The zero-order chi connectivity index (χ0) is 19.0. The van der Waals surface area contributed by atoms with Crippen molar-refractivity contribution in [2.45, 2.75) is 77.8 Å². The maximum Gasteiger partial charge on any atom is 0.224 e. The Morgan fingerprint density at radius 2 is 1.85 bits per heavy atom. The molecule has 0 N–H and O–H groups in total. The third kappa shape index (κ3) is 3.66. The summed E-state index contributed by atoms with van der Waals surface area (Å²) in [4.78, 5) is 19.4. The highest BCUT2D eigenvalue weighted by Gasteiger charge is 2.30. The van der Waals surface area contributed by atoms with Crippen LogP contribution in [-0.4, -0.2) is 43.2 Å². The van der Waals surface area contributed by atoms with Crippen molar-refractivity contribution in [3.8, 4) is 0 Å². The fraction of sp³-hybridized carbons (Fsp3) is 0.667. The monoisotopic (exact) mass is 369 g/mol. The number of hydrogen-bond donors (Lipinski definition) is 0. The van der Waals surface area contributed by atoms with Crippen LogP contribution in [0.1, 0.15) is 73.4 Å². The predicted molar refractivity (Wildman–Crippen MR) is 105 cm³/mol. The van der Waals surface area contributed by atoms with Crippen LogP contribution in [0, 0.1) is 20.8 Å². The largest absolute Gasteiger partial charge is 0.342 e. The molecule has 1 amide bonds. The maximum absolute atomic E-state index is 12.6. The number of nitrogens with zero attached hydrogens (tertiary/aromatic N) is 5. The molecule has 0 spiro atoms. The number of hydrogen-bond acceptors (Lipinski definition) is 3. The van der Waals surface area contributed by atoms with E-state index in [0.717, 1.165) is 37.3 Å². The standard InChI is InChI=1S/C21H31N5O/c1-15-13-16(2)25(23-15)12-9-20(27)24-10-7-19(8-11-24)26-17(3)14-22-21(26)18-5-4-6-18/h13-14,18-19H,4-12H2,1-3H3. The summed E-state index contributed by atoms with van der Waals surface area (Å²) >= 11 is 0. The van der Waals surface area contributed by atoms with E-state index in [1.807, 2.05) is 29.6 Å². The summed E-state index contributed by atoms with van der Waals surface area (Å²) in [5, 5.41) is 4.46. The Morgan fingerprint density at radius 1 is 1.11 bits per heavy atom. The van der Waals surface area contributed by atoms with Crippen molar-refractivity contribution in [1.29, 1.82) is 0 Å². The first-order chi connectivity index (χ1) is 13.0. The zero-order valence-electron chi connectivity index (χ0n) is 16.8. The second-order valence-electron chi connectivity index (χ2n) is 8.27. The fourth-order valence-corrected chi connectivity index (χ4v) is 4.54. The van der Waals surface area contributed by atoms with Crippen molar-refractivity contribution < 1.29 is 4.79 Å². The van der Waals surface area contributed by atoms with Gasteiger partial charge in [0, 0.05) is 55.6 Å². The molecular weight excluding hydrogens is 338 g/mol. The highest BCUT2D eigenvalue weighted by Crippen LogP contribution is 2.38. The summed E-state index contributed by atoms with van der Waals surface area (Å²) in [6.45, 7) is 8.58. The molecule has 0 aromatic carbocycles. The molecule has 2 aromatic heterocycles. The van der Waals surface area contributed by atoms with Gasteiger partial charge in [0.2, 0.25) is 5.91 Å². The fourth-order valence-electron chi connectivity index (χ4n) is 4.54. The van der Waals surface area contributed by atoms with Crippen LogP contribution in [0.2, 0.25) is 0 Å². The van der Waals surface area contributed by atoms with Gasteiger partial charge in [0.25, 0.3) is 0 Å². The Morgan fingerprint density at radius 3 is 2.44 bits per heavy atom. The molecular formula is C21H31N5O. The van der Waals surface area contributed by atoms with Crippen molar-refractivity contribution in [3.05, 3.63) is 35.2 Å². The SMILES string of the molecule is Cc1cc(C)n(CCC(=O)N2CCC(n3c(C)cnc3C3CCC3)CC2)n1. The number of aryl methyl sites for hydroxylation is 4. The number of rotatable bonds is 5. The summed E-state index contributed by atoms with van der Waals surface area (Å²) < 4.78 is 4.42. The lowest BCUT2D eigenvalue weighted by molar-refractivity contribution is -0.132. The predicted octanol–water partition coefficient (Wildman–Crippen LogP) is 3.53. The summed E-state index contributed by atoms with van der Waals surface area (Å²) in [6.07, 6.45) is 8.51. The van der Waals surface area contributed by atoms with Crippen LogP contribution < -0.4 is 0 Å². The van der Waals surface area contributed by atoms with Crippen molar-refractivity contribution >= 4 is 5.91 Å². The first-order valence-corrected chi connectivity index (χ1v) is 10.4. The average molecular weight is 370 g/mol. The minimum atomic E-state index is 0.252. The van der Waals surface area contributed by atoms with Gasteiger partial charge >= 0.3 is 0 Å². The topological polar surface area (TPSA) is 56.0 Å². The molecule has 6 nitrogen and oxygen atoms in total. The molecule has 6 heteroatoms. The molecule has 0 bridgehead atoms.